The zero-order valence-electron chi connectivity index (χ0n) is 17.1. The van der Waals surface area contributed by atoms with Crippen LogP contribution in [0.1, 0.15) is 19.0 Å². The first-order valence-corrected chi connectivity index (χ1v) is 10.2. The normalized spacial score (nSPS) is 17.0. The Morgan fingerprint density at radius 1 is 1.10 bits per heavy atom. The van der Waals surface area contributed by atoms with E-state index in [1.165, 1.54) is 16.5 Å². The zero-order chi connectivity index (χ0) is 21.7. The molecule has 1 aliphatic heterocycles. The zero-order valence-corrected chi connectivity index (χ0v) is 17.1. The number of aryl methyl sites for hydroxylation is 1. The summed E-state index contributed by atoms with van der Waals surface area (Å²) < 4.78 is 32.1. The maximum Gasteiger partial charge on any atom is 0.355 e. The van der Waals surface area contributed by atoms with Crippen LogP contribution in [0.5, 0.6) is 0 Å². The number of pyridine rings is 2. The SMILES string of the molecule is CC[C@H]1CN(c2cc(F)c3nc(-c4cc(F)c5nc(C)cn5c4)nc(=O)n3c2)CCN1. The summed E-state index contributed by atoms with van der Waals surface area (Å²) in [6.45, 7) is 6.05. The molecule has 0 aromatic carbocycles. The molecular formula is C21H21F2N7O. The maximum atomic E-state index is 15.0. The van der Waals surface area contributed by atoms with Gasteiger partial charge < -0.3 is 14.6 Å². The lowest BCUT2D eigenvalue weighted by atomic mass is 10.1. The third kappa shape index (κ3) is 3.42. The van der Waals surface area contributed by atoms with Crippen molar-refractivity contribution in [2.75, 3.05) is 24.5 Å². The van der Waals surface area contributed by atoms with Crippen molar-refractivity contribution < 1.29 is 8.78 Å². The number of nitrogens with zero attached hydrogens (tertiary/aromatic N) is 6. The van der Waals surface area contributed by atoms with Crippen molar-refractivity contribution in [3.05, 3.63) is 58.5 Å². The van der Waals surface area contributed by atoms with Crippen LogP contribution in [0.25, 0.3) is 22.7 Å². The third-order valence-electron chi connectivity index (χ3n) is 5.60. The number of piperazine rings is 1. The molecule has 31 heavy (non-hydrogen) atoms. The van der Waals surface area contributed by atoms with Gasteiger partial charge in [-0.15, -0.1) is 0 Å². The first-order valence-electron chi connectivity index (χ1n) is 10.2. The van der Waals surface area contributed by atoms with E-state index in [0.717, 1.165) is 23.9 Å². The molecule has 5 rings (SSSR count). The Labute approximate surface area is 176 Å². The highest BCUT2D eigenvalue weighted by atomic mass is 19.1. The van der Waals surface area contributed by atoms with Crippen LogP contribution in [-0.2, 0) is 0 Å². The Hall–Kier alpha value is -3.40. The lowest BCUT2D eigenvalue weighted by Gasteiger charge is -2.34. The van der Waals surface area contributed by atoms with E-state index in [-0.39, 0.29) is 22.7 Å². The largest absolute Gasteiger partial charge is 0.367 e. The van der Waals surface area contributed by atoms with Crippen LogP contribution in [0.3, 0.4) is 0 Å². The van der Waals surface area contributed by atoms with E-state index >= 15 is 4.39 Å². The van der Waals surface area contributed by atoms with Crippen molar-refractivity contribution in [1.82, 2.24) is 29.1 Å². The number of nitrogens with one attached hydrogen (secondary N) is 1. The molecule has 10 heteroatoms. The highest BCUT2D eigenvalue weighted by Gasteiger charge is 2.21. The van der Waals surface area contributed by atoms with Crippen molar-refractivity contribution in [2.45, 2.75) is 26.3 Å². The van der Waals surface area contributed by atoms with Crippen LogP contribution >= 0.6 is 0 Å². The topological polar surface area (TPSA) is 79.8 Å². The summed E-state index contributed by atoms with van der Waals surface area (Å²) in [6, 6.07) is 2.89. The second kappa shape index (κ2) is 7.38. The summed E-state index contributed by atoms with van der Waals surface area (Å²) >= 11 is 0. The fraction of sp³-hybridized carbons (Fsp3) is 0.333. The monoisotopic (exact) mass is 425 g/mol. The number of aromatic nitrogens is 5. The van der Waals surface area contributed by atoms with Crippen LogP contribution in [-0.4, -0.2) is 49.4 Å². The Bertz CT molecular complexity index is 1360. The molecule has 0 spiro atoms. The van der Waals surface area contributed by atoms with Crippen molar-refractivity contribution in [3.63, 3.8) is 0 Å². The predicted octanol–water partition coefficient (Wildman–Crippen LogP) is 2.18. The minimum atomic E-state index is -0.676. The van der Waals surface area contributed by atoms with Gasteiger partial charge in [-0.05, 0) is 19.4 Å². The maximum absolute atomic E-state index is 15.0. The Kier molecular flexibility index (Phi) is 4.66. The van der Waals surface area contributed by atoms with Gasteiger partial charge in [0.15, 0.2) is 28.8 Å². The molecule has 0 aliphatic carbocycles. The quantitative estimate of drug-likeness (QED) is 0.542. The van der Waals surface area contributed by atoms with Gasteiger partial charge in [-0.3, -0.25) is 0 Å². The molecule has 0 saturated carbocycles. The Balaban J connectivity index is 1.60. The minimum absolute atomic E-state index is 0.0444. The molecule has 5 heterocycles. The van der Waals surface area contributed by atoms with Gasteiger partial charge in [0.05, 0.1) is 11.4 Å². The van der Waals surface area contributed by atoms with Crippen LogP contribution in [0.4, 0.5) is 14.5 Å². The predicted molar refractivity (Wildman–Crippen MR) is 112 cm³/mol. The van der Waals surface area contributed by atoms with E-state index < -0.39 is 17.3 Å². The number of halogens is 2. The van der Waals surface area contributed by atoms with Gasteiger partial charge in [0.1, 0.15) is 0 Å². The molecular weight excluding hydrogens is 404 g/mol. The van der Waals surface area contributed by atoms with Gasteiger partial charge in [-0.1, -0.05) is 6.92 Å². The van der Waals surface area contributed by atoms with Crippen molar-refractivity contribution >= 4 is 17.0 Å². The Morgan fingerprint density at radius 2 is 1.90 bits per heavy atom. The number of hydrogen-bond donors (Lipinski definition) is 1. The fourth-order valence-corrected chi connectivity index (χ4v) is 4.00. The van der Waals surface area contributed by atoms with Gasteiger partial charge in [-0.2, -0.15) is 4.98 Å². The molecule has 4 aromatic heterocycles. The molecule has 8 nitrogen and oxygen atoms in total. The van der Waals surface area contributed by atoms with Crippen LogP contribution in [0, 0.1) is 18.6 Å². The van der Waals surface area contributed by atoms with Gasteiger partial charge in [0.2, 0.25) is 0 Å². The molecule has 0 radical (unpaired) electrons. The van der Waals surface area contributed by atoms with Gasteiger partial charge in [-0.25, -0.2) is 27.9 Å². The van der Waals surface area contributed by atoms with Crippen LogP contribution < -0.4 is 15.9 Å². The van der Waals surface area contributed by atoms with E-state index in [2.05, 4.69) is 27.2 Å². The summed E-state index contributed by atoms with van der Waals surface area (Å²) in [5.74, 6) is -1.25. The highest BCUT2D eigenvalue weighted by molar-refractivity contribution is 5.61. The standard InChI is InChI=1S/C21H21F2N7O/c1-3-14-10-28(5-4-24-14)15-7-17(23)20-26-18(27-21(31)30(20)11-15)13-6-16(22)19-25-12(2)8-29(19)9-13/h6-9,11,14,24H,3-5,10H2,1-2H3/t14-/m0/s1. The molecule has 1 atom stereocenters. The number of imidazole rings is 1. The molecule has 1 N–H and O–H groups in total. The lowest BCUT2D eigenvalue weighted by molar-refractivity contribution is 0.446. The highest BCUT2D eigenvalue weighted by Crippen LogP contribution is 2.23. The molecule has 1 saturated heterocycles. The van der Waals surface area contributed by atoms with E-state index in [1.807, 2.05) is 4.90 Å². The van der Waals surface area contributed by atoms with Crippen molar-refractivity contribution in [2.24, 2.45) is 0 Å². The van der Waals surface area contributed by atoms with E-state index in [1.54, 1.807) is 25.5 Å². The molecule has 0 amide bonds. The summed E-state index contributed by atoms with van der Waals surface area (Å²) in [6.07, 6.45) is 5.74. The lowest BCUT2D eigenvalue weighted by Crippen LogP contribution is -2.50. The van der Waals surface area contributed by atoms with E-state index in [4.69, 9.17) is 0 Å². The first kappa shape index (κ1) is 19.6. The van der Waals surface area contributed by atoms with E-state index in [9.17, 15) is 9.18 Å². The Morgan fingerprint density at radius 3 is 2.71 bits per heavy atom. The summed E-state index contributed by atoms with van der Waals surface area (Å²) in [4.78, 5) is 27.1. The average molecular weight is 425 g/mol. The number of anilines is 1. The van der Waals surface area contributed by atoms with Crippen LogP contribution in [0.15, 0.2) is 35.5 Å². The second-order valence-electron chi connectivity index (χ2n) is 7.76. The molecule has 4 aromatic rings. The third-order valence-corrected chi connectivity index (χ3v) is 5.60. The van der Waals surface area contributed by atoms with Gasteiger partial charge in [0.25, 0.3) is 0 Å². The van der Waals surface area contributed by atoms with E-state index in [0.29, 0.717) is 24.0 Å². The molecule has 0 bridgehead atoms. The number of fused-ring (bicyclic) bond motifs is 2. The van der Waals surface area contributed by atoms with Crippen molar-refractivity contribution in [3.8, 4) is 11.4 Å². The number of rotatable bonds is 3. The van der Waals surface area contributed by atoms with Crippen LogP contribution in [0.2, 0.25) is 0 Å². The molecule has 0 unspecified atom stereocenters. The first-order chi connectivity index (χ1) is 14.9. The van der Waals surface area contributed by atoms with Gasteiger partial charge >= 0.3 is 5.69 Å². The molecule has 1 fully saturated rings. The summed E-state index contributed by atoms with van der Waals surface area (Å²) in [5, 5.41) is 3.41. The van der Waals surface area contributed by atoms with Crippen molar-refractivity contribution in [1.29, 1.82) is 0 Å². The number of hydrogen-bond acceptors (Lipinski definition) is 6. The molecule has 1 aliphatic rings. The van der Waals surface area contributed by atoms with Gasteiger partial charge in [0, 0.05) is 55.9 Å². The summed E-state index contributed by atoms with van der Waals surface area (Å²) in [5.41, 5.74) is 0.847. The fourth-order valence-electron chi connectivity index (χ4n) is 4.00. The second-order valence-corrected chi connectivity index (χ2v) is 7.76. The average Bonchev–Trinajstić information content (AvgIpc) is 3.15. The minimum Gasteiger partial charge on any atom is -0.367 e. The smallest absolute Gasteiger partial charge is 0.355 e. The summed E-state index contributed by atoms with van der Waals surface area (Å²) in [7, 11) is 0. The molecule has 160 valence electrons.